The van der Waals surface area contributed by atoms with Crippen LogP contribution in [0.25, 0.3) is 5.69 Å². The van der Waals surface area contributed by atoms with Gasteiger partial charge in [-0.05, 0) is 50.2 Å². The molecule has 0 bridgehead atoms. The standard InChI is InChI=1S/C25H25FN4O4/c1-15(21-13-27-30(16(21)2)19-5-3-18(26)4-6-19)28-25(32)17-11-24(31)29(14-17)20-7-8-22-23(12-20)34-10-9-33-22/h3-8,12-13,15,17H,9-11,14H2,1-2H3,(H,28,32). The highest BCUT2D eigenvalue weighted by atomic mass is 19.1. The third-order valence-corrected chi connectivity index (χ3v) is 6.28. The van der Waals surface area contributed by atoms with Gasteiger partial charge >= 0.3 is 0 Å². The molecule has 2 unspecified atom stereocenters. The zero-order valence-electron chi connectivity index (χ0n) is 19.0. The summed E-state index contributed by atoms with van der Waals surface area (Å²) in [6, 6.07) is 11.1. The lowest BCUT2D eigenvalue weighted by molar-refractivity contribution is -0.126. The van der Waals surface area contributed by atoms with E-state index in [9.17, 15) is 14.0 Å². The minimum Gasteiger partial charge on any atom is -0.486 e. The molecule has 2 aromatic carbocycles. The zero-order chi connectivity index (χ0) is 23.8. The number of carbonyl (C=O) groups excluding carboxylic acids is 2. The second-order valence-corrected chi connectivity index (χ2v) is 8.54. The fourth-order valence-corrected chi connectivity index (χ4v) is 4.43. The van der Waals surface area contributed by atoms with Crippen LogP contribution in [-0.2, 0) is 9.59 Å². The Kier molecular flexibility index (Phi) is 5.69. The van der Waals surface area contributed by atoms with Gasteiger partial charge in [0.25, 0.3) is 0 Å². The van der Waals surface area contributed by atoms with Gasteiger partial charge in [-0.1, -0.05) is 0 Å². The van der Waals surface area contributed by atoms with Crippen LogP contribution in [0.5, 0.6) is 11.5 Å². The Morgan fingerprint density at radius 3 is 2.59 bits per heavy atom. The van der Waals surface area contributed by atoms with Gasteiger partial charge in [-0.2, -0.15) is 5.10 Å². The summed E-state index contributed by atoms with van der Waals surface area (Å²) >= 11 is 0. The number of carbonyl (C=O) groups is 2. The van der Waals surface area contributed by atoms with Gasteiger partial charge in [-0.15, -0.1) is 0 Å². The van der Waals surface area contributed by atoms with Crippen molar-refractivity contribution in [3.05, 3.63) is 65.7 Å². The number of benzene rings is 2. The number of halogens is 1. The molecule has 1 fully saturated rings. The molecular formula is C25H25FN4O4. The average molecular weight is 464 g/mol. The summed E-state index contributed by atoms with van der Waals surface area (Å²) in [5, 5.41) is 7.42. The lowest BCUT2D eigenvalue weighted by atomic mass is 10.1. The molecule has 176 valence electrons. The van der Waals surface area contributed by atoms with Crippen molar-refractivity contribution >= 4 is 17.5 Å². The first-order valence-corrected chi connectivity index (χ1v) is 11.2. The molecular weight excluding hydrogens is 439 g/mol. The summed E-state index contributed by atoms with van der Waals surface area (Å²) < 4.78 is 26.1. The number of nitrogens with one attached hydrogen (secondary N) is 1. The van der Waals surface area contributed by atoms with Crippen molar-refractivity contribution in [2.75, 3.05) is 24.7 Å². The molecule has 0 spiro atoms. The number of nitrogens with zero attached hydrogens (tertiary/aromatic N) is 3. The molecule has 3 heterocycles. The first-order chi connectivity index (χ1) is 16.4. The van der Waals surface area contributed by atoms with Crippen molar-refractivity contribution in [1.29, 1.82) is 0 Å². The van der Waals surface area contributed by atoms with Crippen LogP contribution in [0.3, 0.4) is 0 Å². The second kappa shape index (κ2) is 8.81. The van der Waals surface area contributed by atoms with Crippen molar-refractivity contribution < 1.29 is 23.5 Å². The molecule has 2 aliphatic heterocycles. The van der Waals surface area contributed by atoms with E-state index in [-0.39, 0.29) is 30.1 Å². The Hall–Kier alpha value is -3.88. The molecule has 0 aliphatic carbocycles. The molecule has 1 N–H and O–H groups in total. The molecule has 8 nitrogen and oxygen atoms in total. The highest BCUT2D eigenvalue weighted by Crippen LogP contribution is 2.36. The van der Waals surface area contributed by atoms with Crippen LogP contribution in [-0.4, -0.2) is 41.4 Å². The van der Waals surface area contributed by atoms with Crippen molar-refractivity contribution in [2.45, 2.75) is 26.3 Å². The molecule has 2 amide bonds. The maximum Gasteiger partial charge on any atom is 0.227 e. The predicted molar refractivity (Wildman–Crippen MR) is 123 cm³/mol. The second-order valence-electron chi connectivity index (χ2n) is 8.54. The van der Waals surface area contributed by atoms with Crippen molar-refractivity contribution in [3.63, 3.8) is 0 Å². The Bertz CT molecular complexity index is 1240. The molecule has 1 saturated heterocycles. The van der Waals surface area contributed by atoms with E-state index in [2.05, 4.69) is 10.4 Å². The fourth-order valence-electron chi connectivity index (χ4n) is 4.43. The van der Waals surface area contributed by atoms with E-state index in [0.717, 1.165) is 16.9 Å². The number of amides is 2. The number of hydrogen-bond acceptors (Lipinski definition) is 5. The van der Waals surface area contributed by atoms with Gasteiger partial charge in [0.2, 0.25) is 11.8 Å². The Morgan fingerprint density at radius 2 is 1.82 bits per heavy atom. The lowest BCUT2D eigenvalue weighted by Gasteiger charge is -2.22. The van der Waals surface area contributed by atoms with Crippen LogP contribution in [0.1, 0.15) is 30.6 Å². The molecule has 34 heavy (non-hydrogen) atoms. The average Bonchev–Trinajstić information content (AvgIpc) is 3.42. The van der Waals surface area contributed by atoms with Crippen molar-refractivity contribution in [2.24, 2.45) is 5.92 Å². The number of anilines is 1. The normalized spacial score (nSPS) is 18.1. The largest absolute Gasteiger partial charge is 0.486 e. The minimum atomic E-state index is -0.462. The molecule has 2 aliphatic rings. The van der Waals surface area contributed by atoms with Crippen molar-refractivity contribution in [3.8, 4) is 17.2 Å². The van der Waals surface area contributed by atoms with Gasteiger partial charge in [0, 0.05) is 36.0 Å². The van der Waals surface area contributed by atoms with E-state index in [1.54, 1.807) is 40.0 Å². The molecule has 0 radical (unpaired) electrons. The van der Waals surface area contributed by atoms with E-state index in [0.29, 0.717) is 36.9 Å². The van der Waals surface area contributed by atoms with Gasteiger partial charge < -0.3 is 19.7 Å². The molecule has 1 aromatic heterocycles. The summed E-state index contributed by atoms with van der Waals surface area (Å²) in [5.74, 6) is 0.189. The van der Waals surface area contributed by atoms with E-state index in [1.807, 2.05) is 19.9 Å². The molecule has 3 aromatic rings. The van der Waals surface area contributed by atoms with Crippen LogP contribution in [0.2, 0.25) is 0 Å². The fraction of sp³-hybridized carbons (Fsp3) is 0.320. The third kappa shape index (κ3) is 4.09. The van der Waals surface area contributed by atoms with E-state index < -0.39 is 5.92 Å². The third-order valence-electron chi connectivity index (χ3n) is 6.28. The summed E-state index contributed by atoms with van der Waals surface area (Å²) in [6.45, 7) is 5.04. The van der Waals surface area contributed by atoms with Gasteiger partial charge in [0.1, 0.15) is 19.0 Å². The first-order valence-electron chi connectivity index (χ1n) is 11.2. The van der Waals surface area contributed by atoms with E-state index in [1.165, 1.54) is 12.1 Å². The smallest absolute Gasteiger partial charge is 0.227 e. The highest BCUT2D eigenvalue weighted by Gasteiger charge is 2.36. The molecule has 5 rings (SSSR count). The van der Waals surface area contributed by atoms with E-state index in [4.69, 9.17) is 9.47 Å². The van der Waals surface area contributed by atoms with Crippen molar-refractivity contribution in [1.82, 2.24) is 15.1 Å². The minimum absolute atomic E-state index is 0.107. The first kappa shape index (κ1) is 21.9. The van der Waals surface area contributed by atoms with Gasteiger partial charge in [0.05, 0.1) is 23.8 Å². The summed E-state index contributed by atoms with van der Waals surface area (Å²) in [4.78, 5) is 27.3. The van der Waals surface area contributed by atoms with Gasteiger partial charge in [0.15, 0.2) is 11.5 Å². The van der Waals surface area contributed by atoms with Crippen LogP contribution < -0.4 is 19.7 Å². The zero-order valence-corrected chi connectivity index (χ0v) is 19.0. The SMILES string of the molecule is Cc1c(C(C)NC(=O)C2CC(=O)N(c3ccc4c(c3)OCCO4)C2)cnn1-c1ccc(F)cc1. The number of hydrogen-bond donors (Lipinski definition) is 1. The number of fused-ring (bicyclic) bond motifs is 1. The molecule has 9 heteroatoms. The topological polar surface area (TPSA) is 85.7 Å². The number of ether oxygens (including phenoxy) is 2. The van der Waals surface area contributed by atoms with Gasteiger partial charge in [-0.25, -0.2) is 9.07 Å². The summed E-state index contributed by atoms with van der Waals surface area (Å²) in [5.41, 5.74) is 3.12. The maximum atomic E-state index is 13.2. The van der Waals surface area contributed by atoms with Crippen LogP contribution >= 0.6 is 0 Å². The summed E-state index contributed by atoms with van der Waals surface area (Å²) in [6.07, 6.45) is 1.84. The molecule has 2 atom stereocenters. The Labute approximate surface area is 196 Å². The van der Waals surface area contributed by atoms with Crippen LogP contribution in [0.15, 0.2) is 48.7 Å². The summed E-state index contributed by atoms with van der Waals surface area (Å²) in [7, 11) is 0. The Balaban J connectivity index is 1.26. The molecule has 0 saturated carbocycles. The number of aromatic nitrogens is 2. The number of rotatable bonds is 5. The lowest BCUT2D eigenvalue weighted by Crippen LogP contribution is -2.34. The highest BCUT2D eigenvalue weighted by molar-refractivity contribution is 6.00. The monoisotopic (exact) mass is 464 g/mol. The maximum absolute atomic E-state index is 13.2. The van der Waals surface area contributed by atoms with E-state index >= 15 is 0 Å². The van der Waals surface area contributed by atoms with Gasteiger partial charge in [-0.3, -0.25) is 9.59 Å². The van der Waals surface area contributed by atoms with Crippen LogP contribution in [0.4, 0.5) is 10.1 Å². The van der Waals surface area contributed by atoms with Crippen LogP contribution in [0, 0.1) is 18.7 Å². The Morgan fingerprint density at radius 1 is 1.12 bits per heavy atom. The predicted octanol–water partition coefficient (Wildman–Crippen LogP) is 3.32. The quantitative estimate of drug-likeness (QED) is 0.626.